The molecule has 2 amide bonds. The van der Waals surface area contributed by atoms with Crippen LogP contribution in [0.3, 0.4) is 0 Å². The number of fused-ring (bicyclic) bond motifs is 1. The van der Waals surface area contributed by atoms with Gasteiger partial charge in [0.1, 0.15) is 5.69 Å². The Morgan fingerprint density at radius 2 is 1.88 bits per heavy atom. The Hall–Kier alpha value is -2.01. The summed E-state index contributed by atoms with van der Waals surface area (Å²) in [6.07, 6.45) is 3.32. The van der Waals surface area contributed by atoms with Gasteiger partial charge in [-0.1, -0.05) is 11.6 Å². The Bertz CT molecular complexity index is 761. The maximum absolute atomic E-state index is 12.4. The Morgan fingerprint density at radius 3 is 2.54 bits per heavy atom. The van der Waals surface area contributed by atoms with Crippen molar-refractivity contribution < 1.29 is 9.59 Å². The first-order valence-corrected chi connectivity index (χ1v) is 8.62. The first-order valence-electron chi connectivity index (χ1n) is 8.24. The fourth-order valence-electron chi connectivity index (χ4n) is 3.34. The van der Waals surface area contributed by atoms with E-state index in [1.165, 1.54) is 0 Å². The highest BCUT2D eigenvalue weighted by Gasteiger charge is 2.28. The number of rotatable bonds is 3. The van der Waals surface area contributed by atoms with E-state index in [4.69, 9.17) is 11.6 Å². The summed E-state index contributed by atoms with van der Waals surface area (Å²) >= 11 is 5.98. The molecule has 1 fully saturated rings. The van der Waals surface area contributed by atoms with Crippen molar-refractivity contribution in [2.75, 3.05) is 14.1 Å². The molecular formula is C18H22ClN3O2. The average molecular weight is 348 g/mol. The highest BCUT2D eigenvalue weighted by Crippen LogP contribution is 2.26. The number of aromatic amines is 1. The number of aromatic nitrogens is 1. The summed E-state index contributed by atoms with van der Waals surface area (Å²) in [7, 11) is 3.58. The molecule has 5 nitrogen and oxygen atoms in total. The Kier molecular flexibility index (Phi) is 4.81. The maximum Gasteiger partial charge on any atom is 0.267 e. The van der Waals surface area contributed by atoms with Crippen LogP contribution in [0.25, 0.3) is 10.9 Å². The smallest absolute Gasteiger partial charge is 0.267 e. The molecule has 0 radical (unpaired) electrons. The van der Waals surface area contributed by atoms with Crippen molar-refractivity contribution >= 4 is 34.3 Å². The van der Waals surface area contributed by atoms with Crippen molar-refractivity contribution in [2.45, 2.75) is 31.7 Å². The molecule has 1 heterocycles. The van der Waals surface area contributed by atoms with Crippen LogP contribution in [-0.2, 0) is 4.79 Å². The quantitative estimate of drug-likeness (QED) is 0.895. The lowest BCUT2D eigenvalue weighted by Gasteiger charge is -2.29. The monoisotopic (exact) mass is 347 g/mol. The number of hydrogen-bond donors (Lipinski definition) is 2. The van der Waals surface area contributed by atoms with Gasteiger partial charge in [0.25, 0.3) is 5.91 Å². The van der Waals surface area contributed by atoms with E-state index in [0.717, 1.165) is 36.6 Å². The second-order valence-electron chi connectivity index (χ2n) is 6.67. The van der Waals surface area contributed by atoms with Crippen LogP contribution < -0.4 is 5.32 Å². The van der Waals surface area contributed by atoms with Crippen LogP contribution in [0.1, 0.15) is 36.2 Å². The van der Waals surface area contributed by atoms with Gasteiger partial charge in [0.15, 0.2) is 0 Å². The van der Waals surface area contributed by atoms with Gasteiger partial charge in [-0.15, -0.1) is 0 Å². The van der Waals surface area contributed by atoms with Gasteiger partial charge in [-0.3, -0.25) is 9.59 Å². The van der Waals surface area contributed by atoms with Gasteiger partial charge in [-0.25, -0.2) is 0 Å². The fourth-order valence-corrected chi connectivity index (χ4v) is 3.52. The molecule has 3 rings (SSSR count). The maximum atomic E-state index is 12.4. The van der Waals surface area contributed by atoms with Gasteiger partial charge in [0.05, 0.1) is 0 Å². The molecular weight excluding hydrogens is 326 g/mol. The van der Waals surface area contributed by atoms with Crippen molar-refractivity contribution in [1.82, 2.24) is 15.2 Å². The number of amides is 2. The molecule has 2 aromatic rings. The number of nitrogens with zero attached hydrogens (tertiary/aromatic N) is 1. The summed E-state index contributed by atoms with van der Waals surface area (Å²) < 4.78 is 0. The molecule has 1 aromatic heterocycles. The molecule has 2 N–H and O–H groups in total. The van der Waals surface area contributed by atoms with E-state index in [1.807, 2.05) is 18.2 Å². The molecule has 1 saturated carbocycles. The Morgan fingerprint density at radius 1 is 1.17 bits per heavy atom. The third-order valence-electron chi connectivity index (χ3n) is 4.68. The molecule has 6 heteroatoms. The van der Waals surface area contributed by atoms with E-state index in [2.05, 4.69) is 10.3 Å². The van der Waals surface area contributed by atoms with Crippen molar-refractivity contribution in [3.63, 3.8) is 0 Å². The predicted octanol–water partition coefficient (Wildman–Crippen LogP) is 3.20. The first-order chi connectivity index (χ1) is 11.4. The zero-order chi connectivity index (χ0) is 17.3. The summed E-state index contributed by atoms with van der Waals surface area (Å²) in [6.45, 7) is 0. The van der Waals surface area contributed by atoms with Gasteiger partial charge in [-0.05, 0) is 49.9 Å². The third kappa shape index (κ3) is 3.56. The van der Waals surface area contributed by atoms with E-state index in [9.17, 15) is 9.59 Å². The summed E-state index contributed by atoms with van der Waals surface area (Å²) in [5, 5.41) is 4.65. The number of carbonyl (C=O) groups excluding carboxylic acids is 2. The summed E-state index contributed by atoms with van der Waals surface area (Å²) in [5.41, 5.74) is 1.43. The average Bonchev–Trinajstić information content (AvgIpc) is 2.98. The summed E-state index contributed by atoms with van der Waals surface area (Å²) in [5.74, 6) is 0.167. The normalized spacial score (nSPS) is 20.8. The number of benzene rings is 1. The largest absolute Gasteiger partial charge is 0.351 e. The zero-order valence-corrected chi connectivity index (χ0v) is 14.7. The van der Waals surface area contributed by atoms with Crippen molar-refractivity contribution in [3.05, 3.63) is 35.0 Å². The number of H-pyrrole nitrogens is 1. The van der Waals surface area contributed by atoms with Gasteiger partial charge in [0, 0.05) is 42.0 Å². The van der Waals surface area contributed by atoms with E-state index >= 15 is 0 Å². The van der Waals surface area contributed by atoms with Crippen LogP contribution >= 0.6 is 11.6 Å². The predicted molar refractivity (Wildman–Crippen MR) is 95.2 cm³/mol. The minimum atomic E-state index is -0.107. The van der Waals surface area contributed by atoms with Crippen LogP contribution in [0.15, 0.2) is 24.3 Å². The number of carbonyl (C=O) groups is 2. The molecule has 0 unspecified atom stereocenters. The number of nitrogens with one attached hydrogen (secondary N) is 2. The fraction of sp³-hybridized carbons (Fsp3) is 0.444. The second-order valence-corrected chi connectivity index (χ2v) is 7.11. The van der Waals surface area contributed by atoms with Gasteiger partial charge in [0.2, 0.25) is 5.91 Å². The van der Waals surface area contributed by atoms with Gasteiger partial charge < -0.3 is 15.2 Å². The Labute approximate surface area is 146 Å². The van der Waals surface area contributed by atoms with E-state index in [0.29, 0.717) is 10.7 Å². The van der Waals surface area contributed by atoms with Crippen molar-refractivity contribution in [2.24, 2.45) is 5.92 Å². The van der Waals surface area contributed by atoms with Crippen molar-refractivity contribution in [3.8, 4) is 0 Å². The number of halogens is 1. The lowest BCUT2D eigenvalue weighted by molar-refractivity contribution is -0.134. The van der Waals surface area contributed by atoms with E-state index in [1.54, 1.807) is 25.1 Å². The molecule has 24 heavy (non-hydrogen) atoms. The molecule has 128 valence electrons. The lowest BCUT2D eigenvalue weighted by Crippen LogP contribution is -2.40. The number of hydrogen-bond acceptors (Lipinski definition) is 2. The first kappa shape index (κ1) is 16.8. The summed E-state index contributed by atoms with van der Waals surface area (Å²) in [4.78, 5) is 29.2. The standard InChI is InChI=1S/C18H22ClN3O2/c1-22(2)18(24)11-3-6-14(7-4-11)20-17(23)16-10-12-9-13(19)5-8-15(12)21-16/h5,8-11,14,21H,3-4,6-7H2,1-2H3,(H,20,23)/t11-,14-. The van der Waals surface area contributed by atoms with Crippen LogP contribution in [-0.4, -0.2) is 41.8 Å². The highest BCUT2D eigenvalue weighted by molar-refractivity contribution is 6.31. The minimum Gasteiger partial charge on any atom is -0.351 e. The molecule has 1 aliphatic rings. The molecule has 0 bridgehead atoms. The van der Waals surface area contributed by atoms with Crippen LogP contribution in [0, 0.1) is 5.92 Å². The van der Waals surface area contributed by atoms with Gasteiger partial charge in [-0.2, -0.15) is 0 Å². The SMILES string of the molecule is CN(C)C(=O)[C@H]1CC[C@H](NC(=O)c2cc3cc(Cl)ccc3[nH]2)CC1. The molecule has 1 aromatic carbocycles. The van der Waals surface area contributed by atoms with Crippen LogP contribution in [0.2, 0.25) is 5.02 Å². The minimum absolute atomic E-state index is 0.0865. The topological polar surface area (TPSA) is 65.2 Å². The Balaban J connectivity index is 1.60. The van der Waals surface area contributed by atoms with Crippen LogP contribution in [0.5, 0.6) is 0 Å². The zero-order valence-electron chi connectivity index (χ0n) is 13.9. The van der Waals surface area contributed by atoms with E-state index in [-0.39, 0.29) is 23.8 Å². The lowest BCUT2D eigenvalue weighted by atomic mass is 9.85. The molecule has 0 atom stereocenters. The van der Waals surface area contributed by atoms with Gasteiger partial charge >= 0.3 is 0 Å². The third-order valence-corrected chi connectivity index (χ3v) is 4.91. The molecule has 0 spiro atoms. The molecule has 1 aliphatic carbocycles. The van der Waals surface area contributed by atoms with Crippen LogP contribution in [0.4, 0.5) is 0 Å². The molecule has 0 aliphatic heterocycles. The highest BCUT2D eigenvalue weighted by atomic mass is 35.5. The molecule has 0 saturated heterocycles. The van der Waals surface area contributed by atoms with Crippen molar-refractivity contribution in [1.29, 1.82) is 0 Å². The summed E-state index contributed by atoms with van der Waals surface area (Å²) in [6, 6.07) is 7.44. The second kappa shape index (κ2) is 6.85. The van der Waals surface area contributed by atoms with E-state index < -0.39 is 0 Å².